The third kappa shape index (κ3) is 1.67. The van der Waals surface area contributed by atoms with E-state index >= 15 is 0 Å². The molecule has 0 aromatic heterocycles. The molecule has 0 amide bonds. The zero-order chi connectivity index (χ0) is 9.97. The highest BCUT2D eigenvalue weighted by Crippen LogP contribution is 2.20. The molecule has 0 aliphatic carbocycles. The minimum atomic E-state index is -0.209. The van der Waals surface area contributed by atoms with Gasteiger partial charge in [-0.05, 0) is 17.4 Å². The lowest BCUT2D eigenvalue weighted by atomic mass is 10.3. The van der Waals surface area contributed by atoms with Gasteiger partial charge in [0.05, 0.1) is 0 Å². The van der Waals surface area contributed by atoms with Crippen molar-refractivity contribution >= 4 is 28.6 Å². The third-order valence-electron chi connectivity index (χ3n) is 1.70. The standard InChI is InChI=1S/C7H10N6S/c1-2-3-14-6-4-5(12-13-11-4)9-7(8)10-6/h4H,2-3H2,1H3,(H2,8,9,11,12). The van der Waals surface area contributed by atoms with Crippen molar-refractivity contribution in [1.29, 1.82) is 0 Å². The number of amidine groups is 1. The molecule has 74 valence electrons. The van der Waals surface area contributed by atoms with Crippen molar-refractivity contribution in [3.05, 3.63) is 0 Å². The maximum absolute atomic E-state index is 5.54. The quantitative estimate of drug-likeness (QED) is 0.737. The first-order valence-electron chi connectivity index (χ1n) is 4.34. The summed E-state index contributed by atoms with van der Waals surface area (Å²) in [6.45, 7) is 2.11. The van der Waals surface area contributed by atoms with Gasteiger partial charge < -0.3 is 5.73 Å². The van der Waals surface area contributed by atoms with Crippen LogP contribution in [0.1, 0.15) is 13.3 Å². The first-order valence-corrected chi connectivity index (χ1v) is 5.33. The number of thioether (sulfide) groups is 1. The second-order valence-electron chi connectivity index (χ2n) is 2.83. The van der Waals surface area contributed by atoms with Gasteiger partial charge >= 0.3 is 0 Å². The lowest BCUT2D eigenvalue weighted by Crippen LogP contribution is -2.31. The van der Waals surface area contributed by atoms with Gasteiger partial charge in [-0.2, -0.15) is 10.1 Å². The van der Waals surface area contributed by atoms with E-state index in [9.17, 15) is 0 Å². The van der Waals surface area contributed by atoms with Crippen molar-refractivity contribution in [2.24, 2.45) is 31.2 Å². The van der Waals surface area contributed by atoms with E-state index < -0.39 is 0 Å². The van der Waals surface area contributed by atoms with Crippen LogP contribution in [-0.4, -0.2) is 28.6 Å². The van der Waals surface area contributed by atoms with Crippen LogP contribution in [0.5, 0.6) is 0 Å². The Kier molecular flexibility index (Phi) is 2.58. The molecule has 2 aliphatic rings. The molecule has 2 N–H and O–H groups in total. The minimum Gasteiger partial charge on any atom is -0.368 e. The van der Waals surface area contributed by atoms with Gasteiger partial charge in [0, 0.05) is 0 Å². The molecule has 0 bridgehead atoms. The van der Waals surface area contributed by atoms with Crippen LogP contribution in [0, 0.1) is 0 Å². The number of nitrogens with two attached hydrogens (primary N) is 1. The van der Waals surface area contributed by atoms with Crippen molar-refractivity contribution in [2.45, 2.75) is 19.4 Å². The van der Waals surface area contributed by atoms with Crippen LogP contribution >= 0.6 is 11.8 Å². The summed E-state index contributed by atoms with van der Waals surface area (Å²) >= 11 is 1.63. The number of nitrogens with zero attached hydrogens (tertiary/aromatic N) is 5. The Balaban J connectivity index is 2.18. The Morgan fingerprint density at radius 3 is 3.07 bits per heavy atom. The molecular formula is C7H10N6S. The summed E-state index contributed by atoms with van der Waals surface area (Å²) in [5.41, 5.74) is 5.54. The lowest BCUT2D eigenvalue weighted by Gasteiger charge is -2.13. The predicted octanol–water partition coefficient (Wildman–Crippen LogP) is 1.00. The highest BCUT2D eigenvalue weighted by molar-refractivity contribution is 8.14. The van der Waals surface area contributed by atoms with Gasteiger partial charge in [-0.25, -0.2) is 4.99 Å². The first kappa shape index (κ1) is 9.32. The molecule has 0 fully saturated rings. The van der Waals surface area contributed by atoms with Gasteiger partial charge in [-0.1, -0.05) is 6.92 Å². The maximum atomic E-state index is 5.54. The summed E-state index contributed by atoms with van der Waals surface area (Å²) in [6.07, 6.45) is 1.08. The monoisotopic (exact) mass is 210 g/mol. The van der Waals surface area contributed by atoms with E-state index in [4.69, 9.17) is 5.73 Å². The van der Waals surface area contributed by atoms with E-state index in [1.807, 2.05) is 0 Å². The average molecular weight is 210 g/mol. The second-order valence-corrected chi connectivity index (χ2v) is 3.95. The molecule has 2 aliphatic heterocycles. The highest BCUT2D eigenvalue weighted by atomic mass is 32.2. The normalized spacial score (nSPS) is 24.1. The largest absolute Gasteiger partial charge is 0.368 e. The molecule has 0 aromatic rings. The zero-order valence-electron chi connectivity index (χ0n) is 7.71. The second kappa shape index (κ2) is 3.87. The first-order chi connectivity index (χ1) is 6.81. The van der Waals surface area contributed by atoms with Crippen LogP contribution in [-0.2, 0) is 0 Å². The molecule has 0 saturated heterocycles. The summed E-state index contributed by atoms with van der Waals surface area (Å²) in [6, 6.07) is -0.209. The molecule has 14 heavy (non-hydrogen) atoms. The maximum Gasteiger partial charge on any atom is 0.222 e. The van der Waals surface area contributed by atoms with Crippen LogP contribution < -0.4 is 5.73 Å². The van der Waals surface area contributed by atoms with Crippen LogP contribution in [0.15, 0.2) is 25.4 Å². The summed E-state index contributed by atoms with van der Waals surface area (Å²) in [4.78, 5) is 8.09. The summed E-state index contributed by atoms with van der Waals surface area (Å²) in [7, 11) is 0. The van der Waals surface area contributed by atoms with Crippen LogP contribution in [0.3, 0.4) is 0 Å². The Morgan fingerprint density at radius 1 is 1.43 bits per heavy atom. The van der Waals surface area contributed by atoms with E-state index in [1.54, 1.807) is 11.8 Å². The fourth-order valence-corrected chi connectivity index (χ4v) is 1.99. The number of hydrogen-bond donors (Lipinski definition) is 1. The Hall–Kier alpha value is -1.24. The highest BCUT2D eigenvalue weighted by Gasteiger charge is 2.29. The fourth-order valence-electron chi connectivity index (χ4n) is 1.11. The molecule has 2 rings (SSSR count). The van der Waals surface area contributed by atoms with Gasteiger partial charge in [0.1, 0.15) is 5.04 Å². The van der Waals surface area contributed by atoms with Gasteiger partial charge in [-0.3, -0.25) is 0 Å². The van der Waals surface area contributed by atoms with Crippen molar-refractivity contribution < 1.29 is 0 Å². The molecule has 0 spiro atoms. The Morgan fingerprint density at radius 2 is 2.29 bits per heavy atom. The number of guanidine groups is 1. The van der Waals surface area contributed by atoms with E-state index in [0.717, 1.165) is 17.2 Å². The van der Waals surface area contributed by atoms with Crippen LogP contribution in [0.2, 0.25) is 0 Å². The summed E-state index contributed by atoms with van der Waals surface area (Å²) < 4.78 is 0. The van der Waals surface area contributed by atoms with Crippen molar-refractivity contribution in [3.63, 3.8) is 0 Å². The van der Waals surface area contributed by atoms with Crippen LogP contribution in [0.4, 0.5) is 0 Å². The average Bonchev–Trinajstić information content (AvgIpc) is 2.61. The molecule has 0 saturated carbocycles. The van der Waals surface area contributed by atoms with E-state index in [1.165, 1.54) is 0 Å². The Bertz CT molecular complexity index is 355. The molecule has 0 aromatic carbocycles. The Labute approximate surface area is 85.5 Å². The van der Waals surface area contributed by atoms with Gasteiger partial charge in [0.25, 0.3) is 0 Å². The number of rotatable bonds is 2. The van der Waals surface area contributed by atoms with Crippen molar-refractivity contribution in [2.75, 3.05) is 5.75 Å². The number of aliphatic imine (C=N–C) groups is 2. The van der Waals surface area contributed by atoms with E-state index in [0.29, 0.717) is 5.84 Å². The fraction of sp³-hybridized carbons (Fsp3) is 0.571. The molecule has 7 heteroatoms. The molecule has 0 radical (unpaired) electrons. The third-order valence-corrected chi connectivity index (χ3v) is 2.92. The summed E-state index contributed by atoms with van der Waals surface area (Å²) in [5.74, 6) is 1.79. The smallest absolute Gasteiger partial charge is 0.222 e. The van der Waals surface area contributed by atoms with Crippen LogP contribution in [0.25, 0.3) is 0 Å². The van der Waals surface area contributed by atoms with Crippen molar-refractivity contribution in [3.8, 4) is 0 Å². The molecule has 1 unspecified atom stereocenters. The number of fused-ring (bicyclic) bond motifs is 1. The topological polar surface area (TPSA) is 87.8 Å². The van der Waals surface area contributed by atoms with Gasteiger partial charge in [0.15, 0.2) is 11.9 Å². The number of hydrogen-bond acceptors (Lipinski definition) is 7. The van der Waals surface area contributed by atoms with Gasteiger partial charge in [0.2, 0.25) is 5.96 Å². The lowest BCUT2D eigenvalue weighted by molar-refractivity contribution is 1.00. The van der Waals surface area contributed by atoms with Gasteiger partial charge in [-0.15, -0.1) is 16.9 Å². The predicted molar refractivity (Wildman–Crippen MR) is 57.9 cm³/mol. The minimum absolute atomic E-state index is 0.209. The SMILES string of the molecule is CCCSC1=NC(N)=NC2=NN=NC21. The van der Waals surface area contributed by atoms with E-state index in [-0.39, 0.29) is 12.0 Å². The molecule has 1 atom stereocenters. The van der Waals surface area contributed by atoms with Crippen molar-refractivity contribution in [1.82, 2.24) is 0 Å². The molecular weight excluding hydrogens is 200 g/mol. The summed E-state index contributed by atoms with van der Waals surface area (Å²) in [5, 5.41) is 12.1. The van der Waals surface area contributed by atoms with E-state index in [2.05, 4.69) is 32.3 Å². The molecule has 2 heterocycles. The zero-order valence-corrected chi connectivity index (χ0v) is 8.53. The molecule has 6 nitrogen and oxygen atoms in total.